The molecule has 0 saturated carbocycles. The van der Waals surface area contributed by atoms with E-state index in [9.17, 15) is 4.79 Å². The number of aromatic nitrogens is 1. The molecule has 1 aliphatic rings. The molecule has 3 heteroatoms. The Morgan fingerprint density at radius 1 is 1.28 bits per heavy atom. The molecule has 0 bridgehead atoms. The van der Waals surface area contributed by atoms with Crippen LogP contribution in [0.5, 0.6) is 0 Å². The fourth-order valence-corrected chi connectivity index (χ4v) is 2.31. The van der Waals surface area contributed by atoms with Crippen molar-refractivity contribution in [3.63, 3.8) is 0 Å². The van der Waals surface area contributed by atoms with Gasteiger partial charge in [0.1, 0.15) is 0 Å². The molecule has 2 heterocycles. The number of carbonyl (C=O) groups is 1. The molecule has 3 nitrogen and oxygen atoms in total. The van der Waals surface area contributed by atoms with Crippen LogP contribution >= 0.6 is 0 Å². The number of hydrogen-bond donors (Lipinski definition) is 0. The van der Waals surface area contributed by atoms with E-state index in [1.807, 2.05) is 18.7 Å². The minimum absolute atomic E-state index is 0.0782. The fourth-order valence-electron chi connectivity index (χ4n) is 2.31. The molecule has 0 saturated heterocycles. The Balaban J connectivity index is 2.18. The monoisotopic (exact) mass is 246 g/mol. The topological polar surface area (TPSA) is 33.2 Å². The molecule has 2 rings (SSSR count). The van der Waals surface area contributed by atoms with E-state index in [1.54, 1.807) is 0 Å². The zero-order valence-corrected chi connectivity index (χ0v) is 11.7. The molecule has 1 aromatic heterocycles. The van der Waals surface area contributed by atoms with Gasteiger partial charge in [-0.1, -0.05) is 33.8 Å². The first kappa shape index (κ1) is 13.1. The van der Waals surface area contributed by atoms with Crippen molar-refractivity contribution in [1.82, 2.24) is 9.88 Å². The highest BCUT2D eigenvalue weighted by molar-refractivity contribution is 5.78. The van der Waals surface area contributed by atoms with Crippen molar-refractivity contribution in [1.29, 1.82) is 0 Å². The zero-order valence-electron chi connectivity index (χ0n) is 11.7. The van der Waals surface area contributed by atoms with Crippen molar-refractivity contribution >= 4 is 5.91 Å². The Hall–Kier alpha value is -1.38. The third-order valence-corrected chi connectivity index (χ3v) is 3.47. The summed E-state index contributed by atoms with van der Waals surface area (Å²) in [6.45, 7) is 9.75. The van der Waals surface area contributed by atoms with E-state index in [-0.39, 0.29) is 11.8 Å². The van der Waals surface area contributed by atoms with Gasteiger partial charge in [0.05, 0.1) is 0 Å². The second-order valence-electron chi connectivity index (χ2n) is 5.66. The molecule has 0 aliphatic carbocycles. The fraction of sp³-hybridized carbons (Fsp3) is 0.600. The van der Waals surface area contributed by atoms with Gasteiger partial charge in [-0.3, -0.25) is 9.78 Å². The SMILES string of the molecule is CC(C)C(=O)N1CCc2nc(C(C)C)ccc2C1. The van der Waals surface area contributed by atoms with Gasteiger partial charge >= 0.3 is 0 Å². The van der Waals surface area contributed by atoms with Gasteiger partial charge in [-0.2, -0.15) is 0 Å². The van der Waals surface area contributed by atoms with Gasteiger partial charge in [0.15, 0.2) is 0 Å². The smallest absolute Gasteiger partial charge is 0.225 e. The zero-order chi connectivity index (χ0) is 13.3. The second kappa shape index (κ2) is 5.09. The Bertz CT molecular complexity index is 452. The van der Waals surface area contributed by atoms with E-state index in [1.165, 1.54) is 11.3 Å². The van der Waals surface area contributed by atoms with Crippen molar-refractivity contribution in [2.45, 2.75) is 46.6 Å². The van der Waals surface area contributed by atoms with Gasteiger partial charge in [-0.05, 0) is 17.5 Å². The van der Waals surface area contributed by atoms with Crippen LogP contribution in [0.15, 0.2) is 12.1 Å². The minimum Gasteiger partial charge on any atom is -0.338 e. The predicted octanol–water partition coefficient (Wildman–Crippen LogP) is 2.75. The Morgan fingerprint density at radius 2 is 2.00 bits per heavy atom. The number of nitrogens with zero attached hydrogens (tertiary/aromatic N) is 2. The molecule has 0 atom stereocenters. The van der Waals surface area contributed by atoms with E-state index in [4.69, 9.17) is 4.98 Å². The maximum absolute atomic E-state index is 12.0. The summed E-state index contributed by atoms with van der Waals surface area (Å²) >= 11 is 0. The summed E-state index contributed by atoms with van der Waals surface area (Å²) in [5, 5.41) is 0. The number of hydrogen-bond acceptors (Lipinski definition) is 2. The largest absolute Gasteiger partial charge is 0.338 e. The molecular formula is C15H22N2O. The number of amides is 1. The third-order valence-electron chi connectivity index (χ3n) is 3.47. The average molecular weight is 246 g/mol. The highest BCUT2D eigenvalue weighted by Crippen LogP contribution is 2.21. The lowest BCUT2D eigenvalue weighted by atomic mass is 10.0. The lowest BCUT2D eigenvalue weighted by Crippen LogP contribution is -2.38. The summed E-state index contributed by atoms with van der Waals surface area (Å²) in [6, 6.07) is 4.23. The quantitative estimate of drug-likeness (QED) is 0.804. The Labute approximate surface area is 109 Å². The van der Waals surface area contributed by atoms with E-state index in [2.05, 4.69) is 26.0 Å². The highest BCUT2D eigenvalue weighted by atomic mass is 16.2. The van der Waals surface area contributed by atoms with Crippen LogP contribution in [0, 0.1) is 5.92 Å². The van der Waals surface area contributed by atoms with Crippen molar-refractivity contribution in [3.8, 4) is 0 Å². The van der Waals surface area contributed by atoms with E-state index in [0.29, 0.717) is 5.92 Å². The summed E-state index contributed by atoms with van der Waals surface area (Å²) in [4.78, 5) is 18.6. The summed E-state index contributed by atoms with van der Waals surface area (Å²) in [5.74, 6) is 0.786. The van der Waals surface area contributed by atoms with Crippen molar-refractivity contribution in [3.05, 3.63) is 29.1 Å². The maximum Gasteiger partial charge on any atom is 0.225 e. The van der Waals surface area contributed by atoms with Crippen LogP contribution in [0.4, 0.5) is 0 Å². The lowest BCUT2D eigenvalue weighted by molar-refractivity contribution is -0.135. The van der Waals surface area contributed by atoms with Crippen molar-refractivity contribution in [2.75, 3.05) is 6.54 Å². The van der Waals surface area contributed by atoms with Gasteiger partial charge in [-0.25, -0.2) is 0 Å². The number of carbonyl (C=O) groups excluding carboxylic acids is 1. The van der Waals surface area contributed by atoms with Gasteiger partial charge in [0.2, 0.25) is 5.91 Å². The van der Waals surface area contributed by atoms with Crippen molar-refractivity contribution in [2.24, 2.45) is 5.92 Å². The molecule has 1 aliphatic heterocycles. The molecule has 0 radical (unpaired) electrons. The molecule has 1 amide bonds. The van der Waals surface area contributed by atoms with Crippen LogP contribution in [-0.4, -0.2) is 22.3 Å². The summed E-state index contributed by atoms with van der Waals surface area (Å²) < 4.78 is 0. The Morgan fingerprint density at radius 3 is 2.61 bits per heavy atom. The van der Waals surface area contributed by atoms with Gasteiger partial charge in [0.25, 0.3) is 0 Å². The lowest BCUT2D eigenvalue weighted by Gasteiger charge is -2.30. The molecule has 1 aromatic rings. The highest BCUT2D eigenvalue weighted by Gasteiger charge is 2.23. The summed E-state index contributed by atoms with van der Waals surface area (Å²) in [7, 11) is 0. The molecular weight excluding hydrogens is 224 g/mol. The van der Waals surface area contributed by atoms with Crippen LogP contribution < -0.4 is 0 Å². The third kappa shape index (κ3) is 2.55. The minimum atomic E-state index is 0.0782. The van der Waals surface area contributed by atoms with Crippen molar-refractivity contribution < 1.29 is 4.79 Å². The second-order valence-corrected chi connectivity index (χ2v) is 5.66. The van der Waals surface area contributed by atoms with Gasteiger partial charge in [-0.15, -0.1) is 0 Å². The first-order chi connectivity index (χ1) is 8.49. The van der Waals surface area contributed by atoms with Crippen LogP contribution in [0.3, 0.4) is 0 Å². The summed E-state index contributed by atoms with van der Waals surface area (Å²) in [5.41, 5.74) is 3.53. The van der Waals surface area contributed by atoms with Gasteiger partial charge < -0.3 is 4.90 Å². The molecule has 0 unspecified atom stereocenters. The van der Waals surface area contributed by atoms with E-state index < -0.39 is 0 Å². The molecule has 0 fully saturated rings. The Kier molecular flexibility index (Phi) is 3.69. The number of pyridine rings is 1. The molecule has 98 valence electrons. The molecule has 0 aromatic carbocycles. The van der Waals surface area contributed by atoms with Crippen LogP contribution in [0.1, 0.15) is 50.6 Å². The van der Waals surface area contributed by atoms with Crippen LogP contribution in [-0.2, 0) is 17.8 Å². The molecule has 18 heavy (non-hydrogen) atoms. The van der Waals surface area contributed by atoms with Crippen LogP contribution in [0.25, 0.3) is 0 Å². The standard InChI is InChI=1S/C15H22N2O/c1-10(2)13-6-5-12-9-17(15(18)11(3)4)8-7-14(12)16-13/h5-6,10-11H,7-9H2,1-4H3. The maximum atomic E-state index is 12.0. The van der Waals surface area contributed by atoms with Crippen LogP contribution in [0.2, 0.25) is 0 Å². The number of fused-ring (bicyclic) bond motifs is 1. The predicted molar refractivity (Wildman–Crippen MR) is 72.3 cm³/mol. The first-order valence-electron chi connectivity index (χ1n) is 6.76. The average Bonchev–Trinajstić information content (AvgIpc) is 2.36. The molecule has 0 N–H and O–H groups in total. The number of rotatable bonds is 2. The summed E-state index contributed by atoms with van der Waals surface area (Å²) in [6.07, 6.45) is 0.883. The van der Waals surface area contributed by atoms with E-state index in [0.717, 1.165) is 25.2 Å². The van der Waals surface area contributed by atoms with E-state index >= 15 is 0 Å². The molecule has 0 spiro atoms. The normalized spacial score (nSPS) is 15.1. The first-order valence-corrected chi connectivity index (χ1v) is 6.76. The van der Waals surface area contributed by atoms with Gasteiger partial charge in [0, 0.05) is 36.8 Å².